The van der Waals surface area contributed by atoms with Crippen LogP contribution in [0.5, 0.6) is 5.75 Å². The zero-order valence-electron chi connectivity index (χ0n) is 18.8. The van der Waals surface area contributed by atoms with E-state index in [9.17, 15) is 9.59 Å². The summed E-state index contributed by atoms with van der Waals surface area (Å²) in [5.41, 5.74) is 3.47. The van der Waals surface area contributed by atoms with Gasteiger partial charge in [0.1, 0.15) is 5.75 Å². The van der Waals surface area contributed by atoms with Crippen LogP contribution in [0.15, 0.2) is 85.2 Å². The molecule has 6 heteroatoms. The minimum Gasteiger partial charge on any atom is -0.497 e. The van der Waals surface area contributed by atoms with Gasteiger partial charge in [0.25, 0.3) is 5.91 Å². The molecule has 0 saturated heterocycles. The first-order chi connectivity index (χ1) is 16.6. The number of rotatable bonds is 7. The van der Waals surface area contributed by atoms with Gasteiger partial charge in [0.2, 0.25) is 5.91 Å². The van der Waals surface area contributed by atoms with E-state index in [1.165, 1.54) is 0 Å². The lowest BCUT2D eigenvalue weighted by Gasteiger charge is -2.08. The van der Waals surface area contributed by atoms with Gasteiger partial charge in [0.15, 0.2) is 0 Å². The molecular formula is C28H25N3O3. The minimum atomic E-state index is -0.126. The fraction of sp³-hybridized carbons (Fsp3) is 0.179. The molecule has 1 heterocycles. The SMILES string of the molecule is COc1ccc(CNC(=O)c2ccc(C3CC3C(=O)Nc3ccc4cnccc4c3)cc2)cc1. The summed E-state index contributed by atoms with van der Waals surface area (Å²) >= 11 is 0. The molecule has 0 bridgehead atoms. The number of hydrogen-bond acceptors (Lipinski definition) is 4. The van der Waals surface area contributed by atoms with Gasteiger partial charge >= 0.3 is 0 Å². The van der Waals surface area contributed by atoms with Crippen LogP contribution in [0.25, 0.3) is 10.8 Å². The van der Waals surface area contributed by atoms with Crippen LogP contribution in [0.2, 0.25) is 0 Å². The monoisotopic (exact) mass is 451 g/mol. The molecule has 1 saturated carbocycles. The van der Waals surface area contributed by atoms with E-state index < -0.39 is 0 Å². The van der Waals surface area contributed by atoms with Gasteiger partial charge in [-0.2, -0.15) is 0 Å². The molecule has 2 atom stereocenters. The summed E-state index contributed by atoms with van der Waals surface area (Å²) in [7, 11) is 1.62. The minimum absolute atomic E-state index is 0.0275. The Kier molecular flexibility index (Phi) is 5.95. The van der Waals surface area contributed by atoms with E-state index in [-0.39, 0.29) is 23.7 Å². The van der Waals surface area contributed by atoms with E-state index in [1.54, 1.807) is 19.5 Å². The normalized spacial score (nSPS) is 16.6. The number of carbonyl (C=O) groups excluding carboxylic acids is 2. The maximum absolute atomic E-state index is 12.7. The Hall–Kier alpha value is -4.19. The lowest BCUT2D eigenvalue weighted by Crippen LogP contribution is -2.22. The quantitative estimate of drug-likeness (QED) is 0.418. The van der Waals surface area contributed by atoms with E-state index in [0.717, 1.165) is 39.8 Å². The Morgan fingerprint density at radius 1 is 0.971 bits per heavy atom. The highest BCUT2D eigenvalue weighted by molar-refractivity contribution is 5.97. The van der Waals surface area contributed by atoms with Gasteiger partial charge in [0.05, 0.1) is 7.11 Å². The number of amides is 2. The number of anilines is 1. The van der Waals surface area contributed by atoms with E-state index in [2.05, 4.69) is 15.6 Å². The van der Waals surface area contributed by atoms with Crippen molar-refractivity contribution in [3.8, 4) is 5.75 Å². The predicted octanol–water partition coefficient (Wildman–Crippen LogP) is 4.92. The number of pyridine rings is 1. The van der Waals surface area contributed by atoms with E-state index in [0.29, 0.717) is 12.1 Å². The number of nitrogens with zero attached hydrogens (tertiary/aromatic N) is 1. The Balaban J connectivity index is 1.15. The number of hydrogen-bond donors (Lipinski definition) is 2. The van der Waals surface area contributed by atoms with Crippen LogP contribution in [-0.2, 0) is 11.3 Å². The van der Waals surface area contributed by atoms with E-state index in [4.69, 9.17) is 4.74 Å². The molecule has 1 fully saturated rings. The highest BCUT2D eigenvalue weighted by Gasteiger charge is 2.43. The molecule has 6 nitrogen and oxygen atoms in total. The Labute approximate surface area is 198 Å². The summed E-state index contributed by atoms with van der Waals surface area (Å²) in [5.74, 6) is 0.815. The number of methoxy groups -OCH3 is 1. The molecule has 5 rings (SSSR count). The van der Waals surface area contributed by atoms with Gasteiger partial charge in [-0.1, -0.05) is 30.3 Å². The topological polar surface area (TPSA) is 80.3 Å². The van der Waals surface area contributed by atoms with Crippen LogP contribution in [0.3, 0.4) is 0 Å². The van der Waals surface area contributed by atoms with Crippen molar-refractivity contribution in [2.75, 3.05) is 12.4 Å². The first-order valence-corrected chi connectivity index (χ1v) is 11.3. The van der Waals surface area contributed by atoms with Crippen molar-refractivity contribution in [2.24, 2.45) is 5.92 Å². The molecule has 4 aromatic rings. The molecule has 0 spiro atoms. The zero-order chi connectivity index (χ0) is 23.5. The van der Waals surface area contributed by atoms with Crippen LogP contribution in [-0.4, -0.2) is 23.9 Å². The largest absolute Gasteiger partial charge is 0.497 e. The van der Waals surface area contributed by atoms with Crippen molar-refractivity contribution in [3.05, 3.63) is 102 Å². The molecule has 1 aliphatic carbocycles. The lowest BCUT2D eigenvalue weighted by atomic mass is 10.1. The summed E-state index contributed by atoms with van der Waals surface area (Å²) in [6.45, 7) is 0.445. The molecule has 1 aliphatic rings. The van der Waals surface area contributed by atoms with Gasteiger partial charge in [-0.15, -0.1) is 0 Å². The van der Waals surface area contributed by atoms with Crippen molar-refractivity contribution < 1.29 is 14.3 Å². The first-order valence-electron chi connectivity index (χ1n) is 11.3. The maximum atomic E-state index is 12.7. The number of fused-ring (bicyclic) bond motifs is 1. The van der Waals surface area contributed by atoms with E-state index in [1.807, 2.05) is 72.8 Å². The Bertz CT molecular complexity index is 1330. The van der Waals surface area contributed by atoms with Crippen molar-refractivity contribution in [1.82, 2.24) is 10.3 Å². The highest BCUT2D eigenvalue weighted by Crippen LogP contribution is 2.48. The number of carbonyl (C=O) groups is 2. The molecule has 170 valence electrons. The second-order valence-electron chi connectivity index (χ2n) is 8.53. The van der Waals surface area contributed by atoms with Crippen molar-refractivity contribution in [1.29, 1.82) is 0 Å². The standard InChI is InChI=1S/C28H25N3O3/c1-34-24-10-2-18(3-11-24)16-30-27(32)20-6-4-19(5-7-20)25-15-26(25)28(33)31-23-9-8-22-17-29-13-12-21(22)14-23/h2-14,17,25-26H,15-16H2,1H3,(H,30,32)(H,31,33). The first kappa shape index (κ1) is 21.6. The molecule has 1 aromatic heterocycles. The average Bonchev–Trinajstić information content (AvgIpc) is 3.69. The van der Waals surface area contributed by atoms with Crippen molar-refractivity contribution >= 4 is 28.3 Å². The second kappa shape index (κ2) is 9.35. The van der Waals surface area contributed by atoms with Crippen LogP contribution >= 0.6 is 0 Å². The smallest absolute Gasteiger partial charge is 0.251 e. The molecule has 34 heavy (non-hydrogen) atoms. The molecule has 3 aromatic carbocycles. The third-order valence-corrected chi connectivity index (χ3v) is 6.25. The maximum Gasteiger partial charge on any atom is 0.251 e. The fourth-order valence-electron chi connectivity index (χ4n) is 4.16. The van der Waals surface area contributed by atoms with Gasteiger partial charge < -0.3 is 15.4 Å². The molecule has 0 radical (unpaired) electrons. The van der Waals surface area contributed by atoms with Crippen LogP contribution in [0, 0.1) is 5.92 Å². The van der Waals surface area contributed by atoms with Gasteiger partial charge in [0, 0.05) is 41.5 Å². The number of nitrogens with one attached hydrogen (secondary N) is 2. The van der Waals surface area contributed by atoms with Crippen LogP contribution in [0.4, 0.5) is 5.69 Å². The third-order valence-electron chi connectivity index (χ3n) is 6.25. The summed E-state index contributed by atoms with van der Waals surface area (Å²) in [5, 5.41) is 8.05. The summed E-state index contributed by atoms with van der Waals surface area (Å²) < 4.78 is 5.15. The summed E-state index contributed by atoms with van der Waals surface area (Å²) in [6, 6.07) is 22.9. The number of aromatic nitrogens is 1. The van der Waals surface area contributed by atoms with Gasteiger partial charge in [-0.3, -0.25) is 14.6 Å². The molecule has 2 N–H and O–H groups in total. The van der Waals surface area contributed by atoms with Crippen molar-refractivity contribution in [2.45, 2.75) is 18.9 Å². The van der Waals surface area contributed by atoms with Gasteiger partial charge in [-0.25, -0.2) is 0 Å². The fourth-order valence-corrected chi connectivity index (χ4v) is 4.16. The second-order valence-corrected chi connectivity index (χ2v) is 8.53. The Morgan fingerprint density at radius 2 is 1.76 bits per heavy atom. The summed E-state index contributed by atoms with van der Waals surface area (Å²) in [4.78, 5) is 29.4. The van der Waals surface area contributed by atoms with Gasteiger partial charge in [-0.05, 0) is 71.3 Å². The number of benzene rings is 3. The Morgan fingerprint density at radius 3 is 2.53 bits per heavy atom. The van der Waals surface area contributed by atoms with Crippen molar-refractivity contribution in [3.63, 3.8) is 0 Å². The summed E-state index contributed by atoms with van der Waals surface area (Å²) in [6.07, 6.45) is 4.36. The van der Waals surface area contributed by atoms with Crippen LogP contribution in [0.1, 0.15) is 33.8 Å². The predicted molar refractivity (Wildman–Crippen MR) is 132 cm³/mol. The molecular weight excluding hydrogens is 426 g/mol. The molecule has 0 aliphatic heterocycles. The van der Waals surface area contributed by atoms with E-state index >= 15 is 0 Å². The zero-order valence-corrected chi connectivity index (χ0v) is 18.8. The molecule has 2 amide bonds. The third kappa shape index (κ3) is 4.76. The number of ether oxygens (including phenoxy) is 1. The molecule has 2 unspecified atom stereocenters. The average molecular weight is 452 g/mol. The highest BCUT2D eigenvalue weighted by atomic mass is 16.5. The lowest BCUT2D eigenvalue weighted by molar-refractivity contribution is -0.117. The van der Waals surface area contributed by atoms with Crippen LogP contribution < -0.4 is 15.4 Å².